The quantitative estimate of drug-likeness (QED) is 0.679. The second-order valence-electron chi connectivity index (χ2n) is 5.36. The zero-order valence-corrected chi connectivity index (χ0v) is 14.8. The topological polar surface area (TPSA) is 72.2 Å². The third kappa shape index (κ3) is 4.33. The Bertz CT molecular complexity index is 862. The molecule has 25 heavy (non-hydrogen) atoms. The summed E-state index contributed by atoms with van der Waals surface area (Å²) in [5, 5.41) is 10.6. The van der Waals surface area contributed by atoms with Crippen molar-refractivity contribution in [3.05, 3.63) is 60.0 Å². The van der Waals surface area contributed by atoms with Crippen LogP contribution in [-0.2, 0) is 6.54 Å². The summed E-state index contributed by atoms with van der Waals surface area (Å²) in [5.74, 6) is 1.83. The summed E-state index contributed by atoms with van der Waals surface area (Å²) in [5.41, 5.74) is 2.92. The lowest BCUT2D eigenvalue weighted by Crippen LogP contribution is -2.27. The Morgan fingerprint density at radius 3 is 2.64 bits per heavy atom. The number of benzene rings is 2. The first-order valence-electron chi connectivity index (χ1n) is 7.73. The van der Waals surface area contributed by atoms with E-state index in [4.69, 9.17) is 21.5 Å². The van der Waals surface area contributed by atoms with Crippen molar-refractivity contribution in [2.24, 2.45) is 0 Å². The van der Waals surface area contributed by atoms with E-state index < -0.39 is 0 Å². The summed E-state index contributed by atoms with van der Waals surface area (Å²) in [4.78, 5) is 4.40. The van der Waals surface area contributed by atoms with Crippen molar-refractivity contribution in [2.45, 2.75) is 13.5 Å². The van der Waals surface area contributed by atoms with E-state index >= 15 is 0 Å². The van der Waals surface area contributed by atoms with Crippen LogP contribution in [0.3, 0.4) is 0 Å². The van der Waals surface area contributed by atoms with E-state index in [0.717, 1.165) is 22.6 Å². The molecule has 0 amide bonds. The van der Waals surface area contributed by atoms with Crippen molar-refractivity contribution in [1.82, 2.24) is 15.5 Å². The highest BCUT2D eigenvalue weighted by molar-refractivity contribution is 7.80. The summed E-state index contributed by atoms with van der Waals surface area (Å²) in [6.07, 6.45) is 0. The molecule has 7 heteroatoms. The van der Waals surface area contributed by atoms with Crippen LogP contribution in [0.2, 0.25) is 0 Å². The van der Waals surface area contributed by atoms with E-state index in [1.54, 1.807) is 7.11 Å². The number of ether oxygens (including phenoxy) is 1. The zero-order chi connectivity index (χ0) is 17.6. The van der Waals surface area contributed by atoms with E-state index in [-0.39, 0.29) is 0 Å². The number of rotatable bonds is 5. The molecule has 0 aliphatic heterocycles. The summed E-state index contributed by atoms with van der Waals surface area (Å²) >= 11 is 5.27. The first-order chi connectivity index (χ1) is 12.2. The lowest BCUT2D eigenvalue weighted by molar-refractivity contribution is 0.376. The molecule has 0 fully saturated rings. The predicted molar refractivity (Wildman–Crippen MR) is 101 cm³/mol. The Balaban J connectivity index is 1.56. The number of nitrogens with one attached hydrogen (secondary N) is 2. The maximum Gasteiger partial charge on any atom is 0.246 e. The fourth-order valence-corrected chi connectivity index (χ4v) is 2.46. The monoisotopic (exact) mass is 354 g/mol. The van der Waals surface area contributed by atoms with Gasteiger partial charge in [-0.25, -0.2) is 0 Å². The molecule has 1 heterocycles. The highest BCUT2D eigenvalue weighted by Crippen LogP contribution is 2.19. The van der Waals surface area contributed by atoms with Crippen LogP contribution < -0.4 is 15.4 Å². The molecule has 0 radical (unpaired) electrons. The predicted octanol–water partition coefficient (Wildman–Crippen LogP) is 3.54. The number of nitrogens with zero attached hydrogens (tertiary/aromatic N) is 2. The van der Waals surface area contributed by atoms with Crippen molar-refractivity contribution >= 4 is 23.0 Å². The molecule has 128 valence electrons. The summed E-state index contributed by atoms with van der Waals surface area (Å²) in [7, 11) is 1.63. The van der Waals surface area contributed by atoms with Crippen LogP contribution in [0, 0.1) is 6.92 Å². The Kier molecular flexibility index (Phi) is 5.25. The lowest BCUT2D eigenvalue weighted by Gasteiger charge is -2.09. The maximum atomic E-state index is 5.28. The first kappa shape index (κ1) is 16.9. The van der Waals surface area contributed by atoms with Gasteiger partial charge < -0.3 is 19.9 Å². The van der Waals surface area contributed by atoms with Gasteiger partial charge in [-0.2, -0.15) is 4.98 Å². The molecule has 0 saturated heterocycles. The van der Waals surface area contributed by atoms with Crippen LogP contribution in [0.5, 0.6) is 5.75 Å². The molecule has 2 aromatic carbocycles. The molecule has 0 saturated carbocycles. The van der Waals surface area contributed by atoms with Gasteiger partial charge in [-0.05, 0) is 49.0 Å². The van der Waals surface area contributed by atoms with E-state index in [9.17, 15) is 0 Å². The minimum absolute atomic E-state index is 0.348. The molecule has 1 aromatic heterocycles. The highest BCUT2D eigenvalue weighted by atomic mass is 32.1. The van der Waals surface area contributed by atoms with Crippen molar-refractivity contribution < 1.29 is 9.26 Å². The van der Waals surface area contributed by atoms with Gasteiger partial charge in [0, 0.05) is 11.3 Å². The number of thiocarbonyl (C=S) groups is 1. The molecule has 0 spiro atoms. The fourth-order valence-electron chi connectivity index (χ4n) is 2.27. The molecule has 3 aromatic rings. The van der Waals surface area contributed by atoms with Crippen molar-refractivity contribution in [3.63, 3.8) is 0 Å². The third-order valence-corrected chi connectivity index (χ3v) is 3.85. The molecular formula is C18H18N4O2S. The van der Waals surface area contributed by atoms with Gasteiger partial charge in [0.1, 0.15) is 5.75 Å². The number of aryl methyl sites for hydroxylation is 1. The molecule has 0 unspecified atom stereocenters. The number of hydrogen-bond acceptors (Lipinski definition) is 5. The van der Waals surface area contributed by atoms with Crippen LogP contribution in [0.4, 0.5) is 5.69 Å². The van der Waals surface area contributed by atoms with Gasteiger partial charge in [-0.15, -0.1) is 0 Å². The fraction of sp³-hybridized carbons (Fsp3) is 0.167. The first-order valence-corrected chi connectivity index (χ1v) is 8.14. The average Bonchev–Trinajstić information content (AvgIpc) is 3.10. The number of aromatic nitrogens is 2. The van der Waals surface area contributed by atoms with Crippen molar-refractivity contribution in [2.75, 3.05) is 12.4 Å². The van der Waals surface area contributed by atoms with Gasteiger partial charge >= 0.3 is 0 Å². The minimum Gasteiger partial charge on any atom is -0.497 e. The Hall–Kier alpha value is -2.93. The summed E-state index contributed by atoms with van der Waals surface area (Å²) in [6.45, 7) is 2.36. The summed E-state index contributed by atoms with van der Waals surface area (Å²) in [6, 6.07) is 15.4. The lowest BCUT2D eigenvalue weighted by atomic mass is 10.1. The molecular weight excluding hydrogens is 336 g/mol. The molecule has 2 N–H and O–H groups in total. The van der Waals surface area contributed by atoms with Gasteiger partial charge in [0.15, 0.2) is 5.11 Å². The number of methoxy groups -OCH3 is 1. The highest BCUT2D eigenvalue weighted by Gasteiger charge is 2.10. The van der Waals surface area contributed by atoms with E-state index in [0.29, 0.717) is 23.4 Å². The van der Waals surface area contributed by atoms with Crippen LogP contribution in [-0.4, -0.2) is 22.4 Å². The zero-order valence-electron chi connectivity index (χ0n) is 13.9. The van der Waals surface area contributed by atoms with Gasteiger partial charge in [0.05, 0.1) is 13.7 Å². The second kappa shape index (κ2) is 7.76. The van der Waals surface area contributed by atoms with Gasteiger partial charge in [0.25, 0.3) is 0 Å². The Morgan fingerprint density at radius 1 is 1.16 bits per heavy atom. The van der Waals surface area contributed by atoms with Gasteiger partial charge in [-0.1, -0.05) is 29.4 Å². The standard InChI is InChI=1S/C18H18N4O2S/c1-12-5-3-4-6-15(12)17-21-16(24-22-17)11-19-18(25)20-13-7-9-14(23-2)10-8-13/h3-10H,11H2,1-2H3,(H2,19,20,25). The molecule has 3 rings (SSSR count). The third-order valence-electron chi connectivity index (χ3n) is 3.60. The smallest absolute Gasteiger partial charge is 0.246 e. The van der Waals surface area contributed by atoms with Crippen LogP contribution >= 0.6 is 12.2 Å². The molecule has 0 bridgehead atoms. The van der Waals surface area contributed by atoms with Crippen LogP contribution in [0.1, 0.15) is 11.5 Å². The minimum atomic E-state index is 0.348. The van der Waals surface area contributed by atoms with Gasteiger partial charge in [-0.3, -0.25) is 0 Å². The molecule has 0 aliphatic rings. The van der Waals surface area contributed by atoms with Crippen molar-refractivity contribution in [3.8, 4) is 17.1 Å². The maximum absolute atomic E-state index is 5.28. The Morgan fingerprint density at radius 2 is 1.92 bits per heavy atom. The van der Waals surface area contributed by atoms with Crippen LogP contribution in [0.25, 0.3) is 11.4 Å². The SMILES string of the molecule is COc1ccc(NC(=S)NCc2nc(-c3ccccc3C)no2)cc1. The molecule has 0 aliphatic carbocycles. The molecule has 6 nitrogen and oxygen atoms in total. The average molecular weight is 354 g/mol. The number of hydrogen-bond donors (Lipinski definition) is 2. The van der Waals surface area contributed by atoms with E-state index in [2.05, 4.69) is 20.8 Å². The summed E-state index contributed by atoms with van der Waals surface area (Å²) < 4.78 is 10.4. The largest absolute Gasteiger partial charge is 0.497 e. The normalized spacial score (nSPS) is 10.3. The number of anilines is 1. The Labute approximate surface area is 151 Å². The van der Waals surface area contributed by atoms with Crippen LogP contribution in [0.15, 0.2) is 53.1 Å². The van der Waals surface area contributed by atoms with E-state index in [1.807, 2.05) is 55.5 Å². The van der Waals surface area contributed by atoms with Crippen molar-refractivity contribution in [1.29, 1.82) is 0 Å². The van der Waals surface area contributed by atoms with Gasteiger partial charge in [0.2, 0.25) is 11.7 Å². The molecule has 0 atom stereocenters. The van der Waals surface area contributed by atoms with E-state index in [1.165, 1.54) is 0 Å². The second-order valence-corrected chi connectivity index (χ2v) is 5.77.